The lowest BCUT2D eigenvalue weighted by Crippen LogP contribution is -2.46. The molecule has 2 aromatic rings. The molecule has 0 radical (unpaired) electrons. The minimum Gasteiger partial charge on any atom is -0.504 e. The summed E-state index contributed by atoms with van der Waals surface area (Å²) in [5.41, 5.74) is 0.842. The van der Waals surface area contributed by atoms with Crippen molar-refractivity contribution < 1.29 is 34.4 Å². The van der Waals surface area contributed by atoms with Crippen molar-refractivity contribution in [1.82, 2.24) is 10.2 Å². The summed E-state index contributed by atoms with van der Waals surface area (Å²) < 4.78 is 4.64. The van der Waals surface area contributed by atoms with Gasteiger partial charge in [0.05, 0.1) is 12.7 Å². The van der Waals surface area contributed by atoms with Crippen LogP contribution in [-0.4, -0.2) is 64.2 Å². The molecule has 2 amide bonds. The van der Waals surface area contributed by atoms with Gasteiger partial charge in [0.15, 0.2) is 17.2 Å². The molecule has 1 aliphatic rings. The lowest BCUT2D eigenvalue weighted by atomic mass is 10.0. The lowest BCUT2D eigenvalue weighted by molar-refractivity contribution is 0.0598. The first-order valence-electron chi connectivity index (χ1n) is 9.33. The van der Waals surface area contributed by atoms with Crippen LogP contribution in [0, 0.1) is 0 Å². The fourth-order valence-electron chi connectivity index (χ4n) is 3.28. The summed E-state index contributed by atoms with van der Waals surface area (Å²) in [6, 6.07) is 8.19. The minimum atomic E-state index is -0.682. The summed E-state index contributed by atoms with van der Waals surface area (Å²) in [5, 5.41) is 31.3. The van der Waals surface area contributed by atoms with Crippen LogP contribution in [0.25, 0.3) is 0 Å². The van der Waals surface area contributed by atoms with Crippen molar-refractivity contribution in [1.29, 1.82) is 0 Å². The highest BCUT2D eigenvalue weighted by Crippen LogP contribution is 2.35. The van der Waals surface area contributed by atoms with E-state index in [0.29, 0.717) is 37.1 Å². The molecule has 9 heteroatoms. The third-order valence-corrected chi connectivity index (χ3v) is 5.00. The van der Waals surface area contributed by atoms with Crippen molar-refractivity contribution in [3.05, 3.63) is 53.1 Å². The van der Waals surface area contributed by atoms with Gasteiger partial charge in [0, 0.05) is 30.3 Å². The van der Waals surface area contributed by atoms with Crippen LogP contribution in [0.5, 0.6) is 17.2 Å². The summed E-state index contributed by atoms with van der Waals surface area (Å²) in [6.07, 6.45) is 1.07. The Hall–Kier alpha value is -3.75. The molecule has 0 unspecified atom stereocenters. The smallest absolute Gasteiger partial charge is 0.337 e. The molecular weight excluding hydrogens is 392 g/mol. The molecule has 1 fully saturated rings. The van der Waals surface area contributed by atoms with E-state index >= 15 is 0 Å². The van der Waals surface area contributed by atoms with E-state index < -0.39 is 29.1 Å². The zero-order valence-electron chi connectivity index (χ0n) is 16.3. The van der Waals surface area contributed by atoms with Gasteiger partial charge in [-0.1, -0.05) is 0 Å². The highest BCUT2D eigenvalue weighted by Gasteiger charge is 2.25. The molecular formula is C21H22N2O7. The number of nitrogens with one attached hydrogen (secondary N) is 1. The number of nitrogens with zero attached hydrogens (tertiary/aromatic N) is 1. The normalized spacial score (nSPS) is 14.2. The van der Waals surface area contributed by atoms with Crippen LogP contribution in [0.2, 0.25) is 0 Å². The molecule has 3 rings (SSSR count). The van der Waals surface area contributed by atoms with E-state index in [2.05, 4.69) is 10.1 Å². The number of rotatable bonds is 4. The van der Waals surface area contributed by atoms with E-state index in [0.717, 1.165) is 12.1 Å². The molecule has 4 N–H and O–H groups in total. The van der Waals surface area contributed by atoms with Gasteiger partial charge in [-0.25, -0.2) is 4.79 Å². The Kier molecular flexibility index (Phi) is 6.10. The van der Waals surface area contributed by atoms with Crippen LogP contribution in [0.3, 0.4) is 0 Å². The van der Waals surface area contributed by atoms with Crippen molar-refractivity contribution in [3.8, 4) is 17.2 Å². The second-order valence-electron chi connectivity index (χ2n) is 6.97. The minimum absolute atomic E-state index is 0.0204. The first-order chi connectivity index (χ1) is 14.3. The number of hydrogen-bond donors (Lipinski definition) is 4. The van der Waals surface area contributed by atoms with E-state index in [1.54, 1.807) is 17.0 Å². The largest absolute Gasteiger partial charge is 0.504 e. The second kappa shape index (κ2) is 8.73. The Morgan fingerprint density at radius 1 is 0.933 bits per heavy atom. The third-order valence-electron chi connectivity index (χ3n) is 5.00. The van der Waals surface area contributed by atoms with Gasteiger partial charge in [-0.3, -0.25) is 9.59 Å². The topological polar surface area (TPSA) is 136 Å². The molecule has 30 heavy (non-hydrogen) atoms. The number of piperidine rings is 1. The Morgan fingerprint density at radius 2 is 1.47 bits per heavy atom. The number of methoxy groups -OCH3 is 1. The van der Waals surface area contributed by atoms with Gasteiger partial charge in [-0.15, -0.1) is 0 Å². The summed E-state index contributed by atoms with van der Waals surface area (Å²) in [6.45, 7) is 0.878. The molecule has 0 atom stereocenters. The second-order valence-corrected chi connectivity index (χ2v) is 6.97. The molecule has 0 aliphatic carbocycles. The summed E-state index contributed by atoms with van der Waals surface area (Å²) >= 11 is 0. The number of phenolic OH excluding ortho intramolecular Hbond substituents is 3. The Bertz CT molecular complexity index is 941. The van der Waals surface area contributed by atoms with Crippen LogP contribution >= 0.6 is 0 Å². The van der Waals surface area contributed by atoms with Crippen molar-refractivity contribution in [2.45, 2.75) is 18.9 Å². The monoisotopic (exact) mass is 414 g/mol. The van der Waals surface area contributed by atoms with Crippen LogP contribution in [-0.2, 0) is 4.74 Å². The molecule has 0 saturated carbocycles. The maximum atomic E-state index is 12.7. The Morgan fingerprint density at radius 3 is 2.00 bits per heavy atom. The fourth-order valence-corrected chi connectivity index (χ4v) is 3.28. The molecule has 0 bridgehead atoms. The predicted molar refractivity (Wildman–Crippen MR) is 106 cm³/mol. The predicted octanol–water partition coefficient (Wildman–Crippen LogP) is 1.62. The van der Waals surface area contributed by atoms with Gasteiger partial charge >= 0.3 is 5.97 Å². The van der Waals surface area contributed by atoms with Gasteiger partial charge in [0.25, 0.3) is 11.8 Å². The van der Waals surface area contributed by atoms with E-state index in [4.69, 9.17) is 0 Å². The molecule has 1 heterocycles. The average molecular weight is 414 g/mol. The zero-order chi connectivity index (χ0) is 21.8. The number of phenols is 3. The number of likely N-dealkylation sites (tertiary alicyclic amines) is 1. The molecule has 9 nitrogen and oxygen atoms in total. The first kappa shape index (κ1) is 21.0. The number of benzene rings is 2. The Balaban J connectivity index is 1.56. The molecule has 0 aromatic heterocycles. The number of hydrogen-bond acceptors (Lipinski definition) is 7. The van der Waals surface area contributed by atoms with Gasteiger partial charge < -0.3 is 30.3 Å². The lowest BCUT2D eigenvalue weighted by Gasteiger charge is -2.32. The maximum Gasteiger partial charge on any atom is 0.337 e. The third kappa shape index (κ3) is 4.45. The number of ether oxygens (including phenoxy) is 1. The van der Waals surface area contributed by atoms with Crippen molar-refractivity contribution in [2.75, 3.05) is 20.2 Å². The summed E-state index contributed by atoms with van der Waals surface area (Å²) in [5.74, 6) is -2.98. The highest BCUT2D eigenvalue weighted by molar-refractivity contribution is 5.97. The van der Waals surface area contributed by atoms with Crippen LogP contribution in [0.1, 0.15) is 43.9 Å². The van der Waals surface area contributed by atoms with Gasteiger partial charge in [0.1, 0.15) is 0 Å². The van der Waals surface area contributed by atoms with Crippen molar-refractivity contribution >= 4 is 17.8 Å². The standard InChI is InChI=1S/C21H22N2O7/c1-30-21(29)13-4-2-12(3-5-13)20(28)23-8-6-15(7-9-23)22-19(27)14-10-16(24)18(26)17(25)11-14/h2-5,10-11,15,24-26H,6-9H2,1H3,(H,22,27). The van der Waals surface area contributed by atoms with Gasteiger partial charge in [0.2, 0.25) is 0 Å². The van der Waals surface area contributed by atoms with E-state index in [1.165, 1.54) is 19.2 Å². The molecule has 158 valence electrons. The van der Waals surface area contributed by atoms with Crippen molar-refractivity contribution in [2.24, 2.45) is 0 Å². The molecule has 0 spiro atoms. The SMILES string of the molecule is COC(=O)c1ccc(C(=O)N2CCC(NC(=O)c3cc(O)c(O)c(O)c3)CC2)cc1. The molecule has 1 aliphatic heterocycles. The zero-order valence-corrected chi connectivity index (χ0v) is 16.3. The number of carbonyl (C=O) groups is 3. The highest BCUT2D eigenvalue weighted by atomic mass is 16.5. The van der Waals surface area contributed by atoms with Crippen LogP contribution in [0.15, 0.2) is 36.4 Å². The van der Waals surface area contributed by atoms with Gasteiger partial charge in [-0.2, -0.15) is 0 Å². The van der Waals surface area contributed by atoms with E-state index in [9.17, 15) is 29.7 Å². The van der Waals surface area contributed by atoms with Crippen LogP contribution in [0.4, 0.5) is 0 Å². The molecule has 2 aromatic carbocycles. The van der Waals surface area contributed by atoms with E-state index in [1.807, 2.05) is 0 Å². The fraction of sp³-hybridized carbons (Fsp3) is 0.286. The average Bonchev–Trinajstić information content (AvgIpc) is 2.76. The quantitative estimate of drug-likeness (QED) is 0.441. The van der Waals surface area contributed by atoms with Gasteiger partial charge in [-0.05, 0) is 49.2 Å². The number of amides is 2. The van der Waals surface area contributed by atoms with Crippen LogP contribution < -0.4 is 5.32 Å². The number of carbonyl (C=O) groups excluding carboxylic acids is 3. The maximum absolute atomic E-state index is 12.7. The molecule has 1 saturated heterocycles. The number of esters is 1. The van der Waals surface area contributed by atoms with Crippen molar-refractivity contribution in [3.63, 3.8) is 0 Å². The Labute approximate surface area is 172 Å². The summed E-state index contributed by atoms with van der Waals surface area (Å²) in [7, 11) is 1.29. The number of aromatic hydroxyl groups is 3. The first-order valence-corrected chi connectivity index (χ1v) is 9.33. The van der Waals surface area contributed by atoms with E-state index in [-0.39, 0.29) is 17.5 Å². The summed E-state index contributed by atoms with van der Waals surface area (Å²) in [4.78, 5) is 38.2.